The minimum absolute atomic E-state index is 1.14. The van der Waals surface area contributed by atoms with Crippen molar-refractivity contribution in [1.29, 1.82) is 0 Å². The van der Waals surface area contributed by atoms with E-state index in [9.17, 15) is 0 Å². The summed E-state index contributed by atoms with van der Waals surface area (Å²) >= 11 is 0. The Bertz CT molecular complexity index is 1410. The number of nitrogens with zero attached hydrogens (tertiary/aromatic N) is 1. The Morgan fingerprint density at radius 3 is 2.00 bits per heavy atom. The first-order valence-corrected chi connectivity index (χ1v) is 11.4. The Morgan fingerprint density at radius 1 is 0.576 bits per heavy atom. The lowest BCUT2D eigenvalue weighted by molar-refractivity contribution is 1.27. The van der Waals surface area contributed by atoms with Crippen LogP contribution in [0.1, 0.15) is 18.1 Å². The van der Waals surface area contributed by atoms with Crippen LogP contribution >= 0.6 is 0 Å². The molecule has 0 bridgehead atoms. The summed E-state index contributed by atoms with van der Waals surface area (Å²) in [6, 6.07) is 41.1. The minimum Gasteiger partial charge on any atom is -0.309 e. The van der Waals surface area contributed by atoms with Crippen molar-refractivity contribution < 1.29 is 0 Å². The molecule has 5 rings (SSSR count). The third-order valence-electron chi connectivity index (χ3n) is 6.12. The van der Waals surface area contributed by atoms with Gasteiger partial charge in [0.25, 0.3) is 0 Å². The average molecular weight is 426 g/mol. The number of allylic oxidation sites excluding steroid dienone is 1. The lowest BCUT2D eigenvalue weighted by atomic mass is 10.0. The summed E-state index contributed by atoms with van der Waals surface area (Å²) in [6.07, 6.45) is 4.33. The molecule has 1 heteroatoms. The van der Waals surface area contributed by atoms with Crippen LogP contribution in [0.2, 0.25) is 0 Å². The highest BCUT2D eigenvalue weighted by molar-refractivity contribution is 6.00. The highest BCUT2D eigenvalue weighted by Gasteiger charge is 2.18. The molecule has 0 atom stereocenters. The topological polar surface area (TPSA) is 3.24 Å². The Kier molecular flexibility index (Phi) is 5.78. The molecule has 0 fully saturated rings. The fraction of sp³-hybridized carbons (Fsp3) is 0.0625. The molecule has 1 nitrogen and oxygen atoms in total. The maximum atomic E-state index is 2.39. The first kappa shape index (κ1) is 20.8. The van der Waals surface area contributed by atoms with Crippen molar-refractivity contribution in [2.45, 2.75) is 13.8 Å². The molecule has 0 aromatic heterocycles. The number of hydrogen-bond acceptors (Lipinski definition) is 1. The van der Waals surface area contributed by atoms with Gasteiger partial charge in [-0.1, -0.05) is 103 Å². The number of fused-ring (bicyclic) bond motifs is 1. The quantitative estimate of drug-likeness (QED) is 0.271. The fourth-order valence-electron chi connectivity index (χ4n) is 4.49. The van der Waals surface area contributed by atoms with Gasteiger partial charge < -0.3 is 4.90 Å². The van der Waals surface area contributed by atoms with E-state index >= 15 is 0 Å². The Hall–Kier alpha value is -4.10. The highest BCUT2D eigenvalue weighted by atomic mass is 15.1. The Labute approximate surface area is 196 Å². The van der Waals surface area contributed by atoms with Crippen LogP contribution in [0.25, 0.3) is 28.0 Å². The van der Waals surface area contributed by atoms with Crippen LogP contribution in [-0.2, 0) is 0 Å². The zero-order valence-corrected chi connectivity index (χ0v) is 19.1. The van der Waals surface area contributed by atoms with Gasteiger partial charge in [0, 0.05) is 16.6 Å². The van der Waals surface area contributed by atoms with Gasteiger partial charge in [-0.05, 0) is 60.2 Å². The molecule has 0 aliphatic rings. The van der Waals surface area contributed by atoms with Crippen LogP contribution in [0, 0.1) is 6.92 Å². The van der Waals surface area contributed by atoms with E-state index in [2.05, 4.69) is 146 Å². The van der Waals surface area contributed by atoms with Crippen molar-refractivity contribution in [3.63, 3.8) is 0 Å². The predicted octanol–water partition coefficient (Wildman–Crippen LogP) is 9.32. The molecule has 0 heterocycles. The van der Waals surface area contributed by atoms with Gasteiger partial charge in [0.1, 0.15) is 0 Å². The number of aryl methyl sites for hydroxylation is 1. The smallest absolute Gasteiger partial charge is 0.0540 e. The molecule has 0 saturated carbocycles. The van der Waals surface area contributed by atoms with E-state index in [0.717, 1.165) is 5.69 Å². The summed E-state index contributed by atoms with van der Waals surface area (Å²) in [7, 11) is 0. The van der Waals surface area contributed by atoms with Crippen molar-refractivity contribution >= 4 is 33.9 Å². The number of hydrogen-bond donors (Lipinski definition) is 0. The third kappa shape index (κ3) is 4.06. The largest absolute Gasteiger partial charge is 0.309 e. The van der Waals surface area contributed by atoms with Gasteiger partial charge >= 0.3 is 0 Å². The van der Waals surface area contributed by atoms with Crippen LogP contribution in [0.5, 0.6) is 0 Å². The first-order chi connectivity index (χ1) is 16.3. The lowest BCUT2D eigenvalue weighted by Crippen LogP contribution is -2.12. The fourth-order valence-corrected chi connectivity index (χ4v) is 4.49. The van der Waals surface area contributed by atoms with Gasteiger partial charge in [0.05, 0.1) is 11.4 Å². The predicted molar refractivity (Wildman–Crippen MR) is 144 cm³/mol. The molecule has 0 amide bonds. The zero-order chi connectivity index (χ0) is 22.6. The van der Waals surface area contributed by atoms with Crippen LogP contribution < -0.4 is 4.90 Å². The van der Waals surface area contributed by atoms with E-state index in [1.165, 1.54) is 44.4 Å². The molecule has 160 valence electrons. The van der Waals surface area contributed by atoms with E-state index in [4.69, 9.17) is 0 Å². The molecule has 0 spiro atoms. The van der Waals surface area contributed by atoms with Gasteiger partial charge in [-0.3, -0.25) is 0 Å². The van der Waals surface area contributed by atoms with E-state index in [-0.39, 0.29) is 0 Å². The molecule has 0 saturated heterocycles. The van der Waals surface area contributed by atoms with Crippen molar-refractivity contribution in [3.05, 3.63) is 132 Å². The summed E-state index contributed by atoms with van der Waals surface area (Å²) in [5.41, 5.74) is 8.44. The van der Waals surface area contributed by atoms with Crippen molar-refractivity contribution in [2.24, 2.45) is 0 Å². The zero-order valence-electron chi connectivity index (χ0n) is 19.1. The molecule has 0 aliphatic carbocycles. The van der Waals surface area contributed by atoms with E-state index in [1.807, 2.05) is 0 Å². The summed E-state index contributed by atoms with van der Waals surface area (Å²) in [5, 5.41) is 2.47. The Balaban J connectivity index is 1.73. The van der Waals surface area contributed by atoms with Gasteiger partial charge in [-0.25, -0.2) is 0 Å². The monoisotopic (exact) mass is 425 g/mol. The van der Waals surface area contributed by atoms with Crippen LogP contribution in [0.15, 0.2) is 121 Å². The third-order valence-corrected chi connectivity index (χ3v) is 6.12. The standard InChI is InChI=1S/C32H27N/c1-3-11-29-24(2)12-9-18-31(29)33(32-19-10-16-27-15-7-8-17-30(27)32)28-22-20-26(21-23-28)25-13-5-4-6-14-25/h3-23H,1-2H3/b11-3-. The van der Waals surface area contributed by atoms with Crippen molar-refractivity contribution in [1.82, 2.24) is 0 Å². The average Bonchev–Trinajstić information content (AvgIpc) is 2.87. The van der Waals surface area contributed by atoms with Gasteiger partial charge in [-0.15, -0.1) is 0 Å². The van der Waals surface area contributed by atoms with E-state index in [0.29, 0.717) is 0 Å². The molecular formula is C32H27N. The number of anilines is 3. The van der Waals surface area contributed by atoms with Crippen molar-refractivity contribution in [2.75, 3.05) is 4.90 Å². The van der Waals surface area contributed by atoms with E-state index < -0.39 is 0 Å². The Morgan fingerprint density at radius 2 is 1.21 bits per heavy atom. The molecule has 5 aromatic rings. The lowest BCUT2D eigenvalue weighted by Gasteiger charge is -2.29. The summed E-state index contributed by atoms with van der Waals surface area (Å²) in [6.45, 7) is 4.26. The van der Waals surface area contributed by atoms with Gasteiger partial charge in [-0.2, -0.15) is 0 Å². The SMILES string of the molecule is C/C=C\c1c(C)cccc1N(c1ccc(-c2ccccc2)cc1)c1cccc2ccccc12. The van der Waals surface area contributed by atoms with Crippen LogP contribution in [-0.4, -0.2) is 0 Å². The second kappa shape index (κ2) is 9.18. The maximum Gasteiger partial charge on any atom is 0.0540 e. The second-order valence-electron chi connectivity index (χ2n) is 8.25. The van der Waals surface area contributed by atoms with Gasteiger partial charge in [0.15, 0.2) is 0 Å². The number of benzene rings is 5. The minimum atomic E-state index is 1.14. The summed E-state index contributed by atoms with van der Waals surface area (Å²) in [4.78, 5) is 2.39. The molecular weight excluding hydrogens is 398 g/mol. The molecule has 5 aromatic carbocycles. The molecule has 0 N–H and O–H groups in total. The molecule has 33 heavy (non-hydrogen) atoms. The van der Waals surface area contributed by atoms with Crippen LogP contribution in [0.4, 0.5) is 17.1 Å². The van der Waals surface area contributed by atoms with Crippen molar-refractivity contribution in [3.8, 4) is 11.1 Å². The van der Waals surface area contributed by atoms with E-state index in [1.54, 1.807) is 0 Å². The molecule has 0 radical (unpaired) electrons. The van der Waals surface area contributed by atoms with Gasteiger partial charge in [0.2, 0.25) is 0 Å². The first-order valence-electron chi connectivity index (χ1n) is 11.4. The van der Waals surface area contributed by atoms with Crippen LogP contribution in [0.3, 0.4) is 0 Å². The second-order valence-corrected chi connectivity index (χ2v) is 8.25. The maximum absolute atomic E-state index is 2.39. The highest BCUT2D eigenvalue weighted by Crippen LogP contribution is 2.41. The number of rotatable bonds is 5. The summed E-state index contributed by atoms with van der Waals surface area (Å²) < 4.78 is 0. The molecule has 0 unspecified atom stereocenters. The normalized spacial score (nSPS) is 11.2. The molecule has 0 aliphatic heterocycles. The summed E-state index contributed by atoms with van der Waals surface area (Å²) in [5.74, 6) is 0.